The molecule has 0 radical (unpaired) electrons. The highest BCUT2D eigenvalue weighted by molar-refractivity contribution is 6.83. The van der Waals surface area contributed by atoms with Crippen LogP contribution in [-0.4, -0.2) is 28.4 Å². The first-order valence-electron chi connectivity index (χ1n) is 5.82. The zero-order chi connectivity index (χ0) is 18.4. The van der Waals surface area contributed by atoms with Gasteiger partial charge in [0.15, 0.2) is 0 Å². The van der Waals surface area contributed by atoms with Crippen molar-refractivity contribution in [3.63, 3.8) is 0 Å². The summed E-state index contributed by atoms with van der Waals surface area (Å²) in [5.41, 5.74) is -7.97. The van der Waals surface area contributed by atoms with E-state index in [4.69, 9.17) is 5.21 Å². The molecular formula is C12H4F6N2O4. The third-order valence-electron chi connectivity index (χ3n) is 2.98. The summed E-state index contributed by atoms with van der Waals surface area (Å²) in [5.74, 6) is -5.35. The van der Waals surface area contributed by atoms with Gasteiger partial charge in [-0.2, -0.15) is 26.3 Å². The number of oxime groups is 1. The van der Waals surface area contributed by atoms with Crippen LogP contribution in [0.4, 0.5) is 32.0 Å². The number of amides is 1. The lowest BCUT2D eigenvalue weighted by Crippen LogP contribution is -2.31. The summed E-state index contributed by atoms with van der Waals surface area (Å²) in [6.07, 6.45) is -10.6. The zero-order valence-corrected chi connectivity index (χ0v) is 11.0. The van der Waals surface area contributed by atoms with Crippen LogP contribution in [0.5, 0.6) is 0 Å². The standard InChI is InChI=1S/C12H4F6N2O4/c13-11(14,15)3-1-4(12(16,17)18)6-5(2-3)19-10(23)9(22)7(20-24)8(6)21/h1-2,24H,(H,19,23). The van der Waals surface area contributed by atoms with Crippen molar-refractivity contribution in [3.8, 4) is 0 Å². The highest BCUT2D eigenvalue weighted by Gasteiger charge is 2.45. The molecule has 6 nitrogen and oxygen atoms in total. The van der Waals surface area contributed by atoms with Crippen LogP contribution in [0.2, 0.25) is 0 Å². The zero-order valence-electron chi connectivity index (χ0n) is 11.0. The highest BCUT2D eigenvalue weighted by Crippen LogP contribution is 2.41. The molecule has 1 aliphatic heterocycles. The van der Waals surface area contributed by atoms with Gasteiger partial charge in [-0.1, -0.05) is 5.16 Å². The Hall–Kier alpha value is -2.92. The molecule has 0 unspecified atom stereocenters. The molecule has 2 rings (SSSR count). The number of alkyl halides is 6. The van der Waals surface area contributed by atoms with Crippen LogP contribution >= 0.6 is 0 Å². The van der Waals surface area contributed by atoms with Gasteiger partial charge in [-0.25, -0.2) is 0 Å². The van der Waals surface area contributed by atoms with Gasteiger partial charge in [-0.15, -0.1) is 0 Å². The molecule has 0 saturated heterocycles. The Balaban J connectivity index is 2.90. The van der Waals surface area contributed by atoms with Crippen molar-refractivity contribution < 1.29 is 45.9 Å². The van der Waals surface area contributed by atoms with E-state index in [0.717, 1.165) is 0 Å². The summed E-state index contributed by atoms with van der Waals surface area (Å²) in [6.45, 7) is 0. The third-order valence-corrected chi connectivity index (χ3v) is 2.98. The van der Waals surface area contributed by atoms with Gasteiger partial charge in [-0.3, -0.25) is 14.4 Å². The fourth-order valence-electron chi connectivity index (χ4n) is 1.97. The number of rotatable bonds is 0. The van der Waals surface area contributed by atoms with E-state index in [1.807, 2.05) is 0 Å². The Bertz CT molecular complexity index is 794. The van der Waals surface area contributed by atoms with Crippen molar-refractivity contribution in [1.29, 1.82) is 0 Å². The predicted molar refractivity (Wildman–Crippen MR) is 63.6 cm³/mol. The quantitative estimate of drug-likeness (QED) is 0.323. The number of nitrogens with one attached hydrogen (secondary N) is 1. The SMILES string of the molecule is O=C1Nc2cc(C(F)(F)F)cc(C(F)(F)F)c2C(=O)C(=NO)C1=O. The number of ketones is 2. The largest absolute Gasteiger partial charge is 0.417 e. The fourth-order valence-corrected chi connectivity index (χ4v) is 1.97. The molecule has 0 atom stereocenters. The Labute approximate surface area is 127 Å². The van der Waals surface area contributed by atoms with Gasteiger partial charge in [0.2, 0.25) is 11.5 Å². The molecule has 1 aromatic rings. The van der Waals surface area contributed by atoms with Gasteiger partial charge in [0, 0.05) is 0 Å². The first kappa shape index (κ1) is 17.4. The number of hydrogen-bond donors (Lipinski definition) is 2. The van der Waals surface area contributed by atoms with E-state index < -0.39 is 57.9 Å². The van der Waals surface area contributed by atoms with Crippen LogP contribution in [0.15, 0.2) is 17.3 Å². The van der Waals surface area contributed by atoms with E-state index in [2.05, 4.69) is 5.16 Å². The molecule has 1 amide bonds. The molecule has 1 heterocycles. The third kappa shape index (κ3) is 2.81. The van der Waals surface area contributed by atoms with E-state index in [0.29, 0.717) is 0 Å². The van der Waals surface area contributed by atoms with Gasteiger partial charge >= 0.3 is 12.4 Å². The average Bonchev–Trinajstić information content (AvgIpc) is 2.52. The van der Waals surface area contributed by atoms with Crippen molar-refractivity contribution in [2.45, 2.75) is 12.4 Å². The number of carbonyl (C=O) groups excluding carboxylic acids is 3. The normalized spacial score (nSPS) is 17.6. The molecule has 128 valence electrons. The summed E-state index contributed by atoms with van der Waals surface area (Å²) in [4.78, 5) is 34.9. The lowest BCUT2D eigenvalue weighted by molar-refractivity contribution is -0.143. The van der Waals surface area contributed by atoms with Crippen molar-refractivity contribution in [1.82, 2.24) is 0 Å². The average molecular weight is 354 g/mol. The molecule has 1 aliphatic rings. The number of fused-ring (bicyclic) bond motifs is 1. The Kier molecular flexibility index (Phi) is 3.86. The molecule has 24 heavy (non-hydrogen) atoms. The van der Waals surface area contributed by atoms with Crippen LogP contribution in [-0.2, 0) is 21.9 Å². The molecule has 0 fully saturated rings. The summed E-state index contributed by atoms with van der Waals surface area (Å²) in [6, 6.07) is -0.262. The van der Waals surface area contributed by atoms with Crippen molar-refractivity contribution in [2.24, 2.45) is 5.16 Å². The van der Waals surface area contributed by atoms with Crippen LogP contribution in [0, 0.1) is 0 Å². The Morgan fingerprint density at radius 3 is 1.96 bits per heavy atom. The van der Waals surface area contributed by atoms with Crippen LogP contribution in [0.25, 0.3) is 0 Å². The number of benzene rings is 1. The van der Waals surface area contributed by atoms with Crippen LogP contribution < -0.4 is 5.32 Å². The molecule has 0 aromatic heterocycles. The second kappa shape index (κ2) is 5.32. The minimum atomic E-state index is -5.42. The van der Waals surface area contributed by atoms with E-state index in [-0.39, 0.29) is 12.1 Å². The number of halogens is 6. The lowest BCUT2D eigenvalue weighted by atomic mass is 9.95. The van der Waals surface area contributed by atoms with Crippen molar-refractivity contribution >= 4 is 28.9 Å². The molecule has 0 aliphatic carbocycles. The number of nitrogens with zero attached hydrogens (tertiary/aromatic N) is 1. The van der Waals surface area contributed by atoms with Crippen molar-refractivity contribution in [2.75, 3.05) is 5.32 Å². The maximum Gasteiger partial charge on any atom is 0.417 e. The molecule has 0 bridgehead atoms. The minimum Gasteiger partial charge on any atom is -0.410 e. The Morgan fingerprint density at radius 2 is 1.50 bits per heavy atom. The molecule has 0 saturated carbocycles. The second-order valence-corrected chi connectivity index (χ2v) is 4.50. The van der Waals surface area contributed by atoms with Gasteiger partial charge < -0.3 is 10.5 Å². The maximum absolute atomic E-state index is 13.1. The van der Waals surface area contributed by atoms with E-state index in [9.17, 15) is 40.7 Å². The number of Topliss-reactive ketones (excluding diaryl/α,β-unsaturated/α-hetero) is 2. The maximum atomic E-state index is 13.1. The van der Waals surface area contributed by atoms with Crippen LogP contribution in [0.3, 0.4) is 0 Å². The predicted octanol–water partition coefficient (Wildman–Crippen LogP) is 2.26. The summed E-state index contributed by atoms with van der Waals surface area (Å²) < 4.78 is 77.4. The fraction of sp³-hybridized carbons (Fsp3) is 0.167. The first-order valence-corrected chi connectivity index (χ1v) is 5.82. The van der Waals surface area contributed by atoms with Gasteiger partial charge in [0.25, 0.3) is 11.7 Å². The number of carbonyl (C=O) groups is 3. The van der Waals surface area contributed by atoms with Crippen LogP contribution in [0.1, 0.15) is 21.5 Å². The topological polar surface area (TPSA) is 95.8 Å². The molecule has 0 spiro atoms. The highest BCUT2D eigenvalue weighted by atomic mass is 19.4. The molecule has 12 heteroatoms. The summed E-state index contributed by atoms with van der Waals surface area (Å²) >= 11 is 0. The lowest BCUT2D eigenvalue weighted by Gasteiger charge is -2.17. The first-order chi connectivity index (χ1) is 10.9. The van der Waals surface area contributed by atoms with E-state index >= 15 is 0 Å². The minimum absolute atomic E-state index is 0.0773. The molecule has 1 aromatic carbocycles. The van der Waals surface area contributed by atoms with Gasteiger partial charge in [0.1, 0.15) is 0 Å². The molecule has 2 N–H and O–H groups in total. The number of anilines is 1. The van der Waals surface area contributed by atoms with Crippen molar-refractivity contribution in [3.05, 3.63) is 28.8 Å². The monoisotopic (exact) mass is 354 g/mol. The second-order valence-electron chi connectivity index (χ2n) is 4.50. The number of hydrogen-bond acceptors (Lipinski definition) is 5. The van der Waals surface area contributed by atoms with Gasteiger partial charge in [-0.05, 0) is 12.1 Å². The Morgan fingerprint density at radius 1 is 0.917 bits per heavy atom. The molecular weight excluding hydrogens is 350 g/mol. The smallest absolute Gasteiger partial charge is 0.410 e. The summed E-state index contributed by atoms with van der Waals surface area (Å²) in [7, 11) is 0. The van der Waals surface area contributed by atoms with E-state index in [1.54, 1.807) is 0 Å². The summed E-state index contributed by atoms with van der Waals surface area (Å²) in [5, 5.41) is 12.3. The van der Waals surface area contributed by atoms with Gasteiger partial charge in [0.05, 0.1) is 22.4 Å². The van der Waals surface area contributed by atoms with E-state index in [1.165, 1.54) is 5.32 Å².